The van der Waals surface area contributed by atoms with Gasteiger partial charge >= 0.3 is 0 Å². The topological polar surface area (TPSA) is 88.2 Å². The summed E-state index contributed by atoms with van der Waals surface area (Å²) in [5.74, 6) is 0.362. The van der Waals surface area contributed by atoms with Gasteiger partial charge in [-0.15, -0.1) is 0 Å². The minimum atomic E-state index is -0.460. The monoisotopic (exact) mass is 272 g/mol. The molecule has 0 unspecified atom stereocenters. The zero-order chi connectivity index (χ0) is 13.7. The lowest BCUT2D eigenvalue weighted by Crippen LogP contribution is -2.32. The van der Waals surface area contributed by atoms with Crippen LogP contribution in [0.15, 0.2) is 0 Å². The summed E-state index contributed by atoms with van der Waals surface area (Å²) in [6.07, 6.45) is 0. The first kappa shape index (κ1) is 14.4. The third-order valence-electron chi connectivity index (χ3n) is 2.37. The molecule has 0 spiro atoms. The quantitative estimate of drug-likeness (QED) is 0.801. The number of carbonyl (C=O) groups excluding carboxylic acids is 1. The van der Waals surface area contributed by atoms with Crippen LogP contribution in [0.1, 0.15) is 13.8 Å². The normalized spacial score (nSPS) is 10.2. The zero-order valence-corrected chi connectivity index (χ0v) is 11.5. The number of nitrogens with two attached hydrogens (primary N) is 1. The van der Waals surface area contributed by atoms with Crippen LogP contribution in [-0.2, 0) is 4.79 Å². The fraction of sp³-hybridized carbons (Fsp3) is 0.600. The van der Waals surface area contributed by atoms with Gasteiger partial charge < -0.3 is 15.5 Å². The highest BCUT2D eigenvalue weighted by Gasteiger charge is 2.13. The fourth-order valence-electron chi connectivity index (χ4n) is 1.45. The van der Waals surface area contributed by atoms with Crippen molar-refractivity contribution in [3.05, 3.63) is 5.28 Å². The van der Waals surface area contributed by atoms with Crippen LogP contribution in [0, 0.1) is 0 Å². The third-order valence-corrected chi connectivity index (χ3v) is 2.53. The number of nitrogens with zero attached hydrogens (tertiary/aromatic N) is 5. The number of rotatable bonds is 6. The minimum Gasteiger partial charge on any atom is -0.368 e. The summed E-state index contributed by atoms with van der Waals surface area (Å²) in [6, 6.07) is 0. The molecule has 0 aliphatic carbocycles. The van der Waals surface area contributed by atoms with Crippen molar-refractivity contribution in [3.63, 3.8) is 0 Å². The predicted molar refractivity (Wildman–Crippen MR) is 70.9 cm³/mol. The highest BCUT2D eigenvalue weighted by atomic mass is 35.5. The maximum absolute atomic E-state index is 10.9. The fourth-order valence-corrected chi connectivity index (χ4v) is 1.60. The Morgan fingerprint density at radius 2 is 1.78 bits per heavy atom. The van der Waals surface area contributed by atoms with Crippen molar-refractivity contribution in [1.82, 2.24) is 15.0 Å². The lowest BCUT2D eigenvalue weighted by atomic mass is 10.5. The van der Waals surface area contributed by atoms with Crippen LogP contribution in [0.25, 0.3) is 0 Å². The molecular formula is C10H17ClN6O. The van der Waals surface area contributed by atoms with Crippen molar-refractivity contribution in [2.75, 3.05) is 36.5 Å². The molecule has 1 aromatic heterocycles. The standard InChI is InChI=1S/C10H17ClN6O/c1-4-17(5-2)10-14-8(11)13-9(15-10)16(3)6-7(12)18/h4-6H2,1-3H3,(H2,12,18). The van der Waals surface area contributed by atoms with E-state index in [-0.39, 0.29) is 11.8 Å². The second-order valence-electron chi connectivity index (χ2n) is 3.70. The third kappa shape index (κ3) is 3.69. The van der Waals surface area contributed by atoms with Gasteiger partial charge in [-0.2, -0.15) is 15.0 Å². The summed E-state index contributed by atoms with van der Waals surface area (Å²) in [5, 5.41) is 0.0956. The van der Waals surface area contributed by atoms with Crippen LogP contribution in [0.2, 0.25) is 5.28 Å². The summed E-state index contributed by atoms with van der Waals surface area (Å²) in [6.45, 7) is 5.53. The van der Waals surface area contributed by atoms with Crippen LogP contribution in [0.5, 0.6) is 0 Å². The van der Waals surface area contributed by atoms with Crippen molar-refractivity contribution < 1.29 is 4.79 Å². The van der Waals surface area contributed by atoms with Gasteiger partial charge in [0.2, 0.25) is 23.1 Å². The summed E-state index contributed by atoms with van der Waals surface area (Å²) in [7, 11) is 1.67. The summed E-state index contributed by atoms with van der Waals surface area (Å²) >= 11 is 5.86. The molecule has 1 aromatic rings. The van der Waals surface area contributed by atoms with Gasteiger partial charge in [0, 0.05) is 20.1 Å². The van der Waals surface area contributed by atoms with Crippen LogP contribution < -0.4 is 15.5 Å². The zero-order valence-electron chi connectivity index (χ0n) is 10.7. The number of primary amides is 1. The number of hydrogen-bond acceptors (Lipinski definition) is 6. The maximum atomic E-state index is 10.9. The van der Waals surface area contributed by atoms with E-state index in [0.29, 0.717) is 11.9 Å². The summed E-state index contributed by atoms with van der Waals surface area (Å²) in [4.78, 5) is 26.6. The lowest BCUT2D eigenvalue weighted by molar-refractivity contribution is -0.116. The minimum absolute atomic E-state index is 0.0258. The van der Waals surface area contributed by atoms with Gasteiger partial charge in [-0.05, 0) is 25.4 Å². The second-order valence-corrected chi connectivity index (χ2v) is 4.04. The summed E-state index contributed by atoms with van der Waals surface area (Å²) in [5.41, 5.74) is 5.12. The van der Waals surface area contributed by atoms with E-state index in [1.54, 1.807) is 7.05 Å². The molecule has 1 rings (SSSR count). The van der Waals surface area contributed by atoms with Gasteiger partial charge in [-0.1, -0.05) is 0 Å². The maximum Gasteiger partial charge on any atom is 0.237 e. The van der Waals surface area contributed by atoms with E-state index in [9.17, 15) is 4.79 Å². The Bertz CT molecular complexity index is 423. The van der Waals surface area contributed by atoms with Gasteiger partial charge in [-0.25, -0.2) is 0 Å². The SMILES string of the molecule is CCN(CC)c1nc(Cl)nc(N(C)CC(N)=O)n1. The van der Waals surface area contributed by atoms with Gasteiger partial charge in [-0.3, -0.25) is 4.79 Å². The Hall–Kier alpha value is -1.63. The van der Waals surface area contributed by atoms with Crippen molar-refractivity contribution in [3.8, 4) is 0 Å². The first-order valence-corrected chi connectivity index (χ1v) is 6.01. The van der Waals surface area contributed by atoms with Gasteiger partial charge in [0.15, 0.2) is 0 Å². The number of likely N-dealkylation sites (N-methyl/N-ethyl adjacent to an activating group) is 1. The molecule has 0 atom stereocenters. The number of aromatic nitrogens is 3. The van der Waals surface area contributed by atoms with E-state index in [0.717, 1.165) is 13.1 Å². The molecule has 0 aliphatic rings. The largest absolute Gasteiger partial charge is 0.368 e. The Morgan fingerprint density at radius 1 is 1.22 bits per heavy atom. The molecule has 0 fully saturated rings. The average molecular weight is 273 g/mol. The van der Waals surface area contributed by atoms with E-state index < -0.39 is 5.91 Å². The highest BCUT2D eigenvalue weighted by molar-refractivity contribution is 6.28. The molecule has 18 heavy (non-hydrogen) atoms. The van der Waals surface area contributed by atoms with Crippen LogP contribution in [0.4, 0.5) is 11.9 Å². The van der Waals surface area contributed by atoms with E-state index in [1.165, 1.54) is 4.90 Å². The molecule has 0 aromatic carbocycles. The molecule has 0 saturated heterocycles. The van der Waals surface area contributed by atoms with Crippen molar-refractivity contribution in [2.24, 2.45) is 5.73 Å². The first-order valence-electron chi connectivity index (χ1n) is 5.63. The van der Waals surface area contributed by atoms with E-state index in [2.05, 4.69) is 15.0 Å². The highest BCUT2D eigenvalue weighted by Crippen LogP contribution is 2.15. The summed E-state index contributed by atoms with van der Waals surface area (Å²) < 4.78 is 0. The number of carbonyl (C=O) groups is 1. The molecule has 0 aliphatic heterocycles. The lowest BCUT2D eigenvalue weighted by Gasteiger charge is -2.21. The number of amides is 1. The molecule has 0 saturated carbocycles. The van der Waals surface area contributed by atoms with E-state index in [4.69, 9.17) is 17.3 Å². The van der Waals surface area contributed by atoms with Crippen LogP contribution in [0.3, 0.4) is 0 Å². The average Bonchev–Trinajstić information content (AvgIpc) is 2.29. The molecule has 7 nitrogen and oxygen atoms in total. The van der Waals surface area contributed by atoms with E-state index in [1.807, 2.05) is 18.7 Å². The van der Waals surface area contributed by atoms with Gasteiger partial charge in [0.1, 0.15) is 0 Å². The van der Waals surface area contributed by atoms with E-state index >= 15 is 0 Å². The molecule has 1 heterocycles. The Kier molecular flexibility index (Phi) is 5.08. The molecule has 2 N–H and O–H groups in total. The number of anilines is 2. The smallest absolute Gasteiger partial charge is 0.237 e. The van der Waals surface area contributed by atoms with Crippen LogP contribution in [-0.4, -0.2) is 47.5 Å². The Morgan fingerprint density at radius 3 is 2.28 bits per heavy atom. The number of hydrogen-bond donors (Lipinski definition) is 1. The Balaban J connectivity index is 3.03. The van der Waals surface area contributed by atoms with Crippen molar-refractivity contribution >= 4 is 29.4 Å². The molecule has 100 valence electrons. The van der Waals surface area contributed by atoms with Gasteiger partial charge in [0.05, 0.1) is 6.54 Å². The van der Waals surface area contributed by atoms with Crippen LogP contribution >= 0.6 is 11.6 Å². The van der Waals surface area contributed by atoms with Crippen molar-refractivity contribution in [2.45, 2.75) is 13.8 Å². The molecule has 0 radical (unpaired) electrons. The number of halogens is 1. The second kappa shape index (κ2) is 6.34. The Labute approximate surface area is 111 Å². The first-order chi connectivity index (χ1) is 8.47. The van der Waals surface area contributed by atoms with Crippen molar-refractivity contribution in [1.29, 1.82) is 0 Å². The van der Waals surface area contributed by atoms with Gasteiger partial charge in [0.25, 0.3) is 0 Å². The molecule has 1 amide bonds. The molecular weight excluding hydrogens is 256 g/mol. The molecule has 0 bridgehead atoms. The molecule has 8 heteroatoms. The predicted octanol–water partition coefficient (Wildman–Crippen LogP) is 0.293.